The first-order valence-electron chi connectivity index (χ1n) is 6.05. The van der Waals surface area contributed by atoms with Crippen LogP contribution in [0.5, 0.6) is 0 Å². The lowest BCUT2D eigenvalue weighted by Gasteiger charge is -2.25. The Morgan fingerprint density at radius 3 is 2.65 bits per heavy atom. The summed E-state index contributed by atoms with van der Waals surface area (Å²) in [7, 11) is 0. The average molecular weight is 302 g/mol. The highest BCUT2D eigenvalue weighted by Crippen LogP contribution is 2.13. The van der Waals surface area contributed by atoms with Gasteiger partial charge in [-0.15, -0.1) is 0 Å². The Morgan fingerprint density at radius 1 is 1.47 bits per heavy atom. The van der Waals surface area contributed by atoms with Crippen LogP contribution in [0, 0.1) is 0 Å². The third-order valence-corrected chi connectivity index (χ3v) is 3.20. The van der Waals surface area contributed by atoms with Crippen molar-refractivity contribution in [2.75, 3.05) is 11.9 Å². The summed E-state index contributed by atoms with van der Waals surface area (Å²) in [6.07, 6.45) is 1.77. The van der Waals surface area contributed by atoms with Crippen LogP contribution in [0.3, 0.4) is 0 Å². The van der Waals surface area contributed by atoms with Crippen molar-refractivity contribution in [3.63, 3.8) is 0 Å². The molecule has 0 aliphatic rings. The SMILES string of the molecule is CCc1ccc(C(=O)N(CCCBr)C(C)C)o1. The zero-order valence-electron chi connectivity index (χ0n) is 10.7. The van der Waals surface area contributed by atoms with Gasteiger partial charge in [0.1, 0.15) is 5.76 Å². The van der Waals surface area contributed by atoms with E-state index in [0.717, 1.165) is 30.5 Å². The molecule has 3 nitrogen and oxygen atoms in total. The van der Waals surface area contributed by atoms with Gasteiger partial charge in [0.2, 0.25) is 0 Å². The van der Waals surface area contributed by atoms with E-state index in [4.69, 9.17) is 4.42 Å². The van der Waals surface area contributed by atoms with Crippen LogP contribution >= 0.6 is 15.9 Å². The van der Waals surface area contributed by atoms with Gasteiger partial charge >= 0.3 is 0 Å². The molecule has 1 aromatic heterocycles. The maximum atomic E-state index is 12.2. The van der Waals surface area contributed by atoms with E-state index in [1.54, 1.807) is 6.07 Å². The van der Waals surface area contributed by atoms with Gasteiger partial charge in [-0.2, -0.15) is 0 Å². The molecule has 0 N–H and O–H groups in total. The van der Waals surface area contributed by atoms with Gasteiger partial charge in [0.05, 0.1) is 0 Å². The first-order chi connectivity index (χ1) is 8.10. The van der Waals surface area contributed by atoms with Crippen LogP contribution in [0.4, 0.5) is 0 Å². The molecule has 0 aliphatic carbocycles. The summed E-state index contributed by atoms with van der Waals surface area (Å²) in [6.45, 7) is 6.81. The maximum absolute atomic E-state index is 12.2. The van der Waals surface area contributed by atoms with Crippen molar-refractivity contribution in [1.82, 2.24) is 4.90 Å². The van der Waals surface area contributed by atoms with E-state index in [0.29, 0.717) is 5.76 Å². The molecular weight excluding hydrogens is 282 g/mol. The van der Waals surface area contributed by atoms with Crippen molar-refractivity contribution in [3.05, 3.63) is 23.7 Å². The fraction of sp³-hybridized carbons (Fsp3) is 0.615. The zero-order valence-corrected chi connectivity index (χ0v) is 12.3. The standard InChI is InChI=1S/C13H20BrNO2/c1-4-11-6-7-12(17-11)13(16)15(10(2)3)9-5-8-14/h6-7,10H,4-5,8-9H2,1-3H3. The maximum Gasteiger partial charge on any atom is 0.289 e. The number of furan rings is 1. The molecule has 0 radical (unpaired) electrons. The molecule has 0 saturated heterocycles. The minimum absolute atomic E-state index is 0.0133. The smallest absolute Gasteiger partial charge is 0.289 e. The molecule has 0 unspecified atom stereocenters. The lowest BCUT2D eigenvalue weighted by Crippen LogP contribution is -2.37. The van der Waals surface area contributed by atoms with Crippen LogP contribution in [0.15, 0.2) is 16.5 Å². The normalized spacial score (nSPS) is 10.9. The number of amides is 1. The second-order valence-electron chi connectivity index (χ2n) is 4.25. The van der Waals surface area contributed by atoms with Gasteiger partial charge in [0.25, 0.3) is 5.91 Å². The second-order valence-corrected chi connectivity index (χ2v) is 5.05. The lowest BCUT2D eigenvalue weighted by atomic mass is 10.2. The summed E-state index contributed by atoms with van der Waals surface area (Å²) in [4.78, 5) is 14.1. The highest BCUT2D eigenvalue weighted by Gasteiger charge is 2.20. The van der Waals surface area contributed by atoms with Crippen molar-refractivity contribution in [2.45, 2.75) is 39.7 Å². The number of carbonyl (C=O) groups is 1. The number of alkyl halides is 1. The summed E-state index contributed by atoms with van der Waals surface area (Å²) < 4.78 is 5.50. The molecular formula is C13H20BrNO2. The Balaban J connectivity index is 2.76. The highest BCUT2D eigenvalue weighted by molar-refractivity contribution is 9.09. The molecule has 0 fully saturated rings. The molecule has 1 amide bonds. The van der Waals surface area contributed by atoms with Crippen LogP contribution in [0.1, 0.15) is 43.5 Å². The van der Waals surface area contributed by atoms with Gasteiger partial charge in [0, 0.05) is 24.3 Å². The Bertz CT molecular complexity index is 360. The lowest BCUT2D eigenvalue weighted by molar-refractivity contribution is 0.0672. The number of nitrogens with zero attached hydrogens (tertiary/aromatic N) is 1. The van der Waals surface area contributed by atoms with E-state index in [1.807, 2.05) is 31.7 Å². The third kappa shape index (κ3) is 3.87. The Hall–Kier alpha value is -0.770. The quantitative estimate of drug-likeness (QED) is 0.754. The molecule has 4 heteroatoms. The number of hydrogen-bond acceptors (Lipinski definition) is 2. The first-order valence-corrected chi connectivity index (χ1v) is 7.18. The second kappa shape index (κ2) is 6.84. The van der Waals surface area contributed by atoms with Crippen LogP contribution in [-0.2, 0) is 6.42 Å². The van der Waals surface area contributed by atoms with Crippen molar-refractivity contribution in [2.24, 2.45) is 0 Å². The molecule has 1 rings (SSSR count). The van der Waals surface area contributed by atoms with Gasteiger partial charge in [0.15, 0.2) is 5.76 Å². The fourth-order valence-electron chi connectivity index (χ4n) is 1.65. The predicted octanol–water partition coefficient (Wildman–Crippen LogP) is 3.48. The molecule has 0 saturated carbocycles. The summed E-state index contributed by atoms with van der Waals surface area (Å²) >= 11 is 3.39. The van der Waals surface area contributed by atoms with Crippen molar-refractivity contribution in [1.29, 1.82) is 0 Å². The monoisotopic (exact) mass is 301 g/mol. The van der Waals surface area contributed by atoms with Crippen molar-refractivity contribution < 1.29 is 9.21 Å². The van der Waals surface area contributed by atoms with Gasteiger partial charge in [-0.3, -0.25) is 4.79 Å². The molecule has 17 heavy (non-hydrogen) atoms. The molecule has 0 bridgehead atoms. The Kier molecular flexibility index (Phi) is 5.75. The third-order valence-electron chi connectivity index (χ3n) is 2.64. The molecule has 1 heterocycles. The zero-order chi connectivity index (χ0) is 12.8. The van der Waals surface area contributed by atoms with Gasteiger partial charge in [-0.05, 0) is 32.4 Å². The van der Waals surface area contributed by atoms with Gasteiger partial charge < -0.3 is 9.32 Å². The average Bonchev–Trinajstić information content (AvgIpc) is 2.77. The minimum Gasteiger partial charge on any atom is -0.456 e. The fourth-order valence-corrected chi connectivity index (χ4v) is 1.90. The minimum atomic E-state index is -0.0133. The van der Waals surface area contributed by atoms with Crippen LogP contribution < -0.4 is 0 Å². The molecule has 96 valence electrons. The van der Waals surface area contributed by atoms with Crippen molar-refractivity contribution in [3.8, 4) is 0 Å². The Morgan fingerprint density at radius 2 is 2.18 bits per heavy atom. The Labute approximate surface area is 111 Å². The van der Waals surface area contributed by atoms with E-state index in [9.17, 15) is 4.79 Å². The highest BCUT2D eigenvalue weighted by atomic mass is 79.9. The largest absolute Gasteiger partial charge is 0.456 e. The van der Waals surface area contributed by atoms with Gasteiger partial charge in [-0.1, -0.05) is 22.9 Å². The van der Waals surface area contributed by atoms with Crippen molar-refractivity contribution >= 4 is 21.8 Å². The summed E-state index contributed by atoms with van der Waals surface area (Å²) in [5.74, 6) is 1.29. The molecule has 0 spiro atoms. The predicted molar refractivity (Wildman–Crippen MR) is 72.7 cm³/mol. The van der Waals surface area contributed by atoms with Gasteiger partial charge in [-0.25, -0.2) is 0 Å². The van der Waals surface area contributed by atoms with E-state index in [1.165, 1.54) is 0 Å². The van der Waals surface area contributed by atoms with Crippen LogP contribution in [0.2, 0.25) is 0 Å². The number of rotatable bonds is 6. The van der Waals surface area contributed by atoms with E-state index >= 15 is 0 Å². The van der Waals surface area contributed by atoms with Crippen LogP contribution in [-0.4, -0.2) is 28.7 Å². The molecule has 0 aliphatic heterocycles. The molecule has 1 aromatic rings. The number of halogens is 1. The first kappa shape index (κ1) is 14.3. The number of hydrogen-bond donors (Lipinski definition) is 0. The number of carbonyl (C=O) groups excluding carboxylic acids is 1. The molecule has 0 aromatic carbocycles. The molecule has 0 atom stereocenters. The topological polar surface area (TPSA) is 33.5 Å². The van der Waals surface area contributed by atoms with E-state index < -0.39 is 0 Å². The summed E-state index contributed by atoms with van der Waals surface area (Å²) in [6, 6.07) is 3.83. The summed E-state index contributed by atoms with van der Waals surface area (Å²) in [5, 5.41) is 0.905. The van der Waals surface area contributed by atoms with Crippen LogP contribution in [0.25, 0.3) is 0 Å². The van der Waals surface area contributed by atoms with E-state index in [-0.39, 0.29) is 11.9 Å². The number of aryl methyl sites for hydroxylation is 1. The van der Waals surface area contributed by atoms with E-state index in [2.05, 4.69) is 15.9 Å². The summed E-state index contributed by atoms with van der Waals surface area (Å²) in [5.41, 5.74) is 0.